The van der Waals surface area contributed by atoms with E-state index in [9.17, 15) is 5.11 Å². The Bertz CT molecular complexity index is 591. The van der Waals surface area contributed by atoms with Crippen LogP contribution in [0.15, 0.2) is 30.3 Å². The molecule has 0 saturated heterocycles. The van der Waals surface area contributed by atoms with E-state index in [0.29, 0.717) is 6.04 Å². The van der Waals surface area contributed by atoms with Crippen molar-refractivity contribution in [3.05, 3.63) is 36.0 Å². The van der Waals surface area contributed by atoms with Crippen LogP contribution in [-0.4, -0.2) is 23.2 Å². The molecule has 0 atom stereocenters. The summed E-state index contributed by atoms with van der Waals surface area (Å²) in [6.45, 7) is -0.00363. The first-order chi connectivity index (χ1) is 9.79. The average molecular weight is 270 g/mol. The number of aliphatic hydroxyl groups is 1. The van der Waals surface area contributed by atoms with Crippen LogP contribution in [0, 0.1) is 0 Å². The third kappa shape index (κ3) is 2.50. The summed E-state index contributed by atoms with van der Waals surface area (Å²) >= 11 is 0. The number of fused-ring (bicyclic) bond motifs is 1. The minimum absolute atomic E-state index is 0.00363. The fourth-order valence-electron chi connectivity index (χ4n) is 3.25. The van der Waals surface area contributed by atoms with Crippen molar-refractivity contribution in [2.45, 2.75) is 44.8 Å². The van der Waals surface area contributed by atoms with Crippen molar-refractivity contribution < 1.29 is 5.11 Å². The van der Waals surface area contributed by atoms with Crippen LogP contribution in [0.25, 0.3) is 10.9 Å². The van der Waals surface area contributed by atoms with Gasteiger partial charge in [-0.2, -0.15) is 0 Å². The highest BCUT2D eigenvalue weighted by molar-refractivity contribution is 5.92. The number of anilines is 1. The second-order valence-corrected chi connectivity index (χ2v) is 5.71. The number of hydrogen-bond acceptors (Lipinski definition) is 3. The number of hydrogen-bond donors (Lipinski definition) is 1. The quantitative estimate of drug-likeness (QED) is 0.927. The van der Waals surface area contributed by atoms with Crippen LogP contribution in [0.5, 0.6) is 0 Å². The van der Waals surface area contributed by atoms with Gasteiger partial charge in [0.05, 0.1) is 17.8 Å². The molecule has 0 radical (unpaired) electrons. The smallest absolute Gasteiger partial charge is 0.0854 e. The van der Waals surface area contributed by atoms with Gasteiger partial charge < -0.3 is 10.0 Å². The first-order valence-corrected chi connectivity index (χ1v) is 7.52. The van der Waals surface area contributed by atoms with E-state index in [2.05, 4.69) is 29.1 Å². The molecular weight excluding hydrogens is 248 g/mol. The topological polar surface area (TPSA) is 36.4 Å². The summed E-state index contributed by atoms with van der Waals surface area (Å²) in [5.41, 5.74) is 2.92. The molecule has 1 aliphatic carbocycles. The van der Waals surface area contributed by atoms with Crippen LogP contribution >= 0.6 is 0 Å². The Morgan fingerprint density at radius 2 is 1.95 bits per heavy atom. The third-order valence-corrected chi connectivity index (χ3v) is 4.41. The normalized spacial score (nSPS) is 16.5. The van der Waals surface area contributed by atoms with Crippen molar-refractivity contribution in [3.8, 4) is 0 Å². The second kappa shape index (κ2) is 5.80. The van der Waals surface area contributed by atoms with Crippen LogP contribution in [0.2, 0.25) is 0 Å². The van der Waals surface area contributed by atoms with Crippen LogP contribution in [0.3, 0.4) is 0 Å². The Labute approximate surface area is 120 Å². The largest absolute Gasteiger partial charge is 0.390 e. The number of nitrogens with zero attached hydrogens (tertiary/aromatic N) is 2. The van der Waals surface area contributed by atoms with E-state index in [4.69, 9.17) is 0 Å². The van der Waals surface area contributed by atoms with E-state index in [1.807, 2.05) is 18.2 Å². The summed E-state index contributed by atoms with van der Waals surface area (Å²) in [6.07, 6.45) is 6.54. The summed E-state index contributed by atoms with van der Waals surface area (Å²) in [5, 5.41) is 10.6. The summed E-state index contributed by atoms with van der Waals surface area (Å²) < 4.78 is 0. The first kappa shape index (κ1) is 13.4. The van der Waals surface area contributed by atoms with Crippen molar-refractivity contribution in [1.29, 1.82) is 0 Å². The van der Waals surface area contributed by atoms with Gasteiger partial charge in [-0.15, -0.1) is 0 Å². The predicted molar refractivity (Wildman–Crippen MR) is 82.9 cm³/mol. The lowest BCUT2D eigenvalue weighted by atomic mass is 9.94. The van der Waals surface area contributed by atoms with E-state index < -0.39 is 0 Å². The molecule has 3 heteroatoms. The van der Waals surface area contributed by atoms with Crippen LogP contribution in [0.1, 0.15) is 37.8 Å². The van der Waals surface area contributed by atoms with Gasteiger partial charge in [0.2, 0.25) is 0 Å². The molecule has 3 nitrogen and oxygen atoms in total. The maximum absolute atomic E-state index is 9.43. The van der Waals surface area contributed by atoms with Gasteiger partial charge in [-0.3, -0.25) is 4.98 Å². The van der Waals surface area contributed by atoms with Gasteiger partial charge in [-0.05, 0) is 25.0 Å². The molecule has 1 aromatic heterocycles. The molecule has 1 heterocycles. The molecule has 2 aromatic rings. The highest BCUT2D eigenvalue weighted by Gasteiger charge is 2.20. The standard InChI is InChI=1S/C17H22N2O/c1-19(14-7-3-2-4-8-14)17-11-13(12-20)18-16-10-6-5-9-15(16)17/h5-6,9-11,14,20H,2-4,7-8,12H2,1H3. The van der Waals surface area contributed by atoms with Crippen LogP contribution in [0.4, 0.5) is 5.69 Å². The van der Waals surface area contributed by atoms with E-state index >= 15 is 0 Å². The lowest BCUT2D eigenvalue weighted by molar-refractivity contribution is 0.277. The van der Waals surface area contributed by atoms with Gasteiger partial charge in [0.25, 0.3) is 0 Å². The summed E-state index contributed by atoms with van der Waals surface area (Å²) in [6, 6.07) is 10.9. The molecule has 0 bridgehead atoms. The molecule has 1 aromatic carbocycles. The SMILES string of the molecule is CN(c1cc(CO)nc2ccccc12)C1CCCCC1. The zero-order valence-corrected chi connectivity index (χ0v) is 12.0. The molecule has 20 heavy (non-hydrogen) atoms. The highest BCUT2D eigenvalue weighted by atomic mass is 16.3. The number of benzene rings is 1. The van der Waals surface area contributed by atoms with Gasteiger partial charge in [0, 0.05) is 24.2 Å². The van der Waals surface area contributed by atoms with Crippen LogP contribution < -0.4 is 4.90 Å². The molecule has 0 amide bonds. The van der Waals surface area contributed by atoms with Gasteiger partial charge in [-0.1, -0.05) is 37.5 Å². The van der Waals surface area contributed by atoms with Gasteiger partial charge >= 0.3 is 0 Å². The number of pyridine rings is 1. The van der Waals surface area contributed by atoms with Gasteiger partial charge in [-0.25, -0.2) is 0 Å². The molecule has 0 unspecified atom stereocenters. The summed E-state index contributed by atoms with van der Waals surface area (Å²) in [7, 11) is 2.18. The van der Waals surface area contributed by atoms with E-state index in [1.54, 1.807) is 0 Å². The Kier molecular flexibility index (Phi) is 3.88. The second-order valence-electron chi connectivity index (χ2n) is 5.71. The summed E-state index contributed by atoms with van der Waals surface area (Å²) in [5.74, 6) is 0. The van der Waals surface area contributed by atoms with E-state index in [1.165, 1.54) is 43.2 Å². The van der Waals surface area contributed by atoms with Crippen molar-refractivity contribution in [2.24, 2.45) is 0 Å². The van der Waals surface area contributed by atoms with Crippen molar-refractivity contribution in [2.75, 3.05) is 11.9 Å². The fraction of sp³-hybridized carbons (Fsp3) is 0.471. The van der Waals surface area contributed by atoms with Gasteiger partial charge in [0.1, 0.15) is 0 Å². The lowest BCUT2D eigenvalue weighted by Crippen LogP contribution is -2.33. The van der Waals surface area contributed by atoms with E-state index in [0.717, 1.165) is 11.2 Å². The Hall–Kier alpha value is -1.61. The monoisotopic (exact) mass is 270 g/mol. The molecule has 0 aliphatic heterocycles. The van der Waals surface area contributed by atoms with Crippen molar-refractivity contribution >= 4 is 16.6 Å². The number of aliphatic hydroxyl groups excluding tert-OH is 1. The molecular formula is C17H22N2O. The Balaban J connectivity index is 2.04. The minimum atomic E-state index is -0.00363. The third-order valence-electron chi connectivity index (χ3n) is 4.41. The van der Waals surface area contributed by atoms with E-state index in [-0.39, 0.29) is 6.61 Å². The molecule has 3 rings (SSSR count). The number of aromatic nitrogens is 1. The zero-order valence-electron chi connectivity index (χ0n) is 12.0. The van der Waals surface area contributed by atoms with Crippen LogP contribution in [-0.2, 0) is 6.61 Å². The minimum Gasteiger partial charge on any atom is -0.390 e. The average Bonchev–Trinajstić information content (AvgIpc) is 2.54. The Morgan fingerprint density at radius 3 is 2.70 bits per heavy atom. The predicted octanol–water partition coefficient (Wildman–Crippen LogP) is 3.50. The maximum atomic E-state index is 9.43. The molecule has 1 N–H and O–H groups in total. The van der Waals surface area contributed by atoms with Crippen molar-refractivity contribution in [3.63, 3.8) is 0 Å². The zero-order chi connectivity index (χ0) is 13.9. The molecule has 106 valence electrons. The van der Waals surface area contributed by atoms with Crippen molar-refractivity contribution in [1.82, 2.24) is 4.98 Å². The molecule has 0 spiro atoms. The first-order valence-electron chi connectivity index (χ1n) is 7.52. The number of rotatable bonds is 3. The molecule has 1 aliphatic rings. The molecule has 1 saturated carbocycles. The maximum Gasteiger partial charge on any atom is 0.0854 e. The highest BCUT2D eigenvalue weighted by Crippen LogP contribution is 2.31. The summed E-state index contributed by atoms with van der Waals surface area (Å²) in [4.78, 5) is 6.90. The number of para-hydroxylation sites is 1. The lowest BCUT2D eigenvalue weighted by Gasteiger charge is -2.33. The van der Waals surface area contributed by atoms with Gasteiger partial charge in [0.15, 0.2) is 0 Å². The molecule has 1 fully saturated rings. The Morgan fingerprint density at radius 1 is 1.20 bits per heavy atom. The fourth-order valence-corrected chi connectivity index (χ4v) is 3.25.